The molecule has 3 saturated heterocycles. The van der Waals surface area contributed by atoms with Crippen molar-refractivity contribution in [1.82, 2.24) is 0 Å². The fourth-order valence-corrected chi connectivity index (χ4v) is 6.89. The third-order valence-corrected chi connectivity index (χ3v) is 8.17. The monoisotopic (exact) mass is 344 g/mol. The van der Waals surface area contributed by atoms with E-state index in [1.54, 1.807) is 12.5 Å². The third kappa shape index (κ3) is 1.55. The highest BCUT2D eigenvalue weighted by molar-refractivity contribution is 5.89. The lowest BCUT2D eigenvalue weighted by molar-refractivity contribution is -0.293. The number of ketones is 1. The van der Waals surface area contributed by atoms with Crippen molar-refractivity contribution in [3.8, 4) is 0 Å². The van der Waals surface area contributed by atoms with Gasteiger partial charge in [0.25, 0.3) is 0 Å². The fraction of sp³-hybridized carbons (Fsp3) is 0.750. The van der Waals surface area contributed by atoms with Gasteiger partial charge in [-0.2, -0.15) is 0 Å². The van der Waals surface area contributed by atoms with Crippen molar-refractivity contribution < 1.29 is 23.4 Å². The average molecular weight is 344 g/mol. The Morgan fingerprint density at radius 3 is 2.92 bits per heavy atom. The maximum Gasteiger partial charge on any atom is 0.164 e. The molecule has 2 aliphatic carbocycles. The van der Waals surface area contributed by atoms with Crippen LogP contribution in [0.25, 0.3) is 0 Å². The van der Waals surface area contributed by atoms with Crippen molar-refractivity contribution >= 4 is 5.78 Å². The molecule has 4 heterocycles. The zero-order valence-corrected chi connectivity index (χ0v) is 14.5. The van der Waals surface area contributed by atoms with Crippen LogP contribution in [0.4, 0.5) is 0 Å². The van der Waals surface area contributed by atoms with Crippen molar-refractivity contribution in [2.45, 2.75) is 57.0 Å². The number of Topliss-reactive ketones (excluding diaryl/α,β-unsaturated/α-hetero) is 1. The van der Waals surface area contributed by atoms with Crippen LogP contribution in [-0.4, -0.2) is 30.9 Å². The molecule has 2 saturated carbocycles. The van der Waals surface area contributed by atoms with Crippen molar-refractivity contribution in [3.63, 3.8) is 0 Å². The molecule has 5 nitrogen and oxygen atoms in total. The molecule has 2 spiro atoms. The van der Waals surface area contributed by atoms with Crippen LogP contribution >= 0.6 is 0 Å². The first-order chi connectivity index (χ1) is 12.1. The Bertz CT molecular complexity index is 722. The van der Waals surface area contributed by atoms with Gasteiger partial charge in [0.05, 0.1) is 37.3 Å². The molecule has 134 valence electrons. The molecule has 3 aliphatic heterocycles. The second-order valence-electron chi connectivity index (χ2n) is 8.87. The standard InChI is InChI=1S/C20H24O5/c1-12-7-16(21)20-11-23-17-19(12,8-14(25-17)13-4-6-22-9-13)15(20)3-2-5-18(20)10-24-18/h4,6,9,12,14-15,17H,2-3,5,7-8,10-11H2,1H3/t12-,14+,15-,17+,18+,19-,20+/m1/s1. The van der Waals surface area contributed by atoms with Gasteiger partial charge in [-0.25, -0.2) is 0 Å². The van der Waals surface area contributed by atoms with Gasteiger partial charge in [-0.05, 0) is 37.2 Å². The molecule has 6 rings (SSSR count). The lowest BCUT2D eigenvalue weighted by Crippen LogP contribution is -2.70. The van der Waals surface area contributed by atoms with E-state index in [4.69, 9.17) is 18.6 Å². The smallest absolute Gasteiger partial charge is 0.164 e. The highest BCUT2D eigenvalue weighted by Gasteiger charge is 2.79. The molecule has 0 radical (unpaired) electrons. The van der Waals surface area contributed by atoms with E-state index in [1.807, 2.05) is 6.07 Å². The maximum atomic E-state index is 13.3. The number of hydrogen-bond acceptors (Lipinski definition) is 5. The SMILES string of the molecule is C[C@@H]1CC(=O)[C@]23CO[C@H]4O[C@H](c5ccoc5)C[C@@]41[C@H]2CCC[C@]31CO1. The number of ether oxygens (including phenoxy) is 3. The molecule has 0 N–H and O–H groups in total. The number of furan rings is 1. The molecule has 5 heteroatoms. The first kappa shape index (κ1) is 14.9. The van der Waals surface area contributed by atoms with Crippen LogP contribution in [0.1, 0.15) is 50.7 Å². The van der Waals surface area contributed by atoms with Gasteiger partial charge in [-0.15, -0.1) is 0 Å². The molecule has 1 aromatic heterocycles. The van der Waals surface area contributed by atoms with Gasteiger partial charge in [0.2, 0.25) is 0 Å². The minimum Gasteiger partial charge on any atom is -0.472 e. The van der Waals surface area contributed by atoms with E-state index < -0.39 is 5.41 Å². The lowest BCUT2D eigenvalue weighted by atomic mass is 9.42. The molecule has 5 fully saturated rings. The van der Waals surface area contributed by atoms with Gasteiger partial charge in [-0.1, -0.05) is 13.3 Å². The molecular formula is C20H24O5. The van der Waals surface area contributed by atoms with Gasteiger partial charge < -0.3 is 18.6 Å². The predicted molar refractivity (Wildman–Crippen MR) is 86.6 cm³/mol. The summed E-state index contributed by atoms with van der Waals surface area (Å²) in [4.78, 5) is 13.3. The normalized spacial score (nSPS) is 53.6. The number of epoxide rings is 1. The summed E-state index contributed by atoms with van der Waals surface area (Å²) in [5.41, 5.74) is 0.296. The first-order valence-electron chi connectivity index (χ1n) is 9.59. The van der Waals surface area contributed by atoms with Crippen molar-refractivity contribution in [1.29, 1.82) is 0 Å². The zero-order chi connectivity index (χ0) is 16.9. The third-order valence-electron chi connectivity index (χ3n) is 8.17. The summed E-state index contributed by atoms with van der Waals surface area (Å²) in [6.45, 7) is 3.41. The van der Waals surface area contributed by atoms with Crippen LogP contribution in [0.15, 0.2) is 23.0 Å². The molecule has 0 unspecified atom stereocenters. The summed E-state index contributed by atoms with van der Waals surface area (Å²) in [5, 5.41) is 0. The van der Waals surface area contributed by atoms with Gasteiger partial charge in [0.15, 0.2) is 6.29 Å². The van der Waals surface area contributed by atoms with Crippen LogP contribution in [0.2, 0.25) is 0 Å². The number of carbonyl (C=O) groups is 1. The largest absolute Gasteiger partial charge is 0.472 e. The summed E-state index contributed by atoms with van der Waals surface area (Å²) in [6, 6.07) is 1.98. The number of rotatable bonds is 1. The van der Waals surface area contributed by atoms with Crippen LogP contribution in [0.3, 0.4) is 0 Å². The highest BCUT2D eigenvalue weighted by atomic mass is 16.7. The van der Waals surface area contributed by atoms with E-state index in [9.17, 15) is 4.79 Å². The van der Waals surface area contributed by atoms with E-state index in [2.05, 4.69) is 6.92 Å². The summed E-state index contributed by atoms with van der Waals surface area (Å²) < 4.78 is 24.0. The quantitative estimate of drug-likeness (QED) is 0.732. The topological polar surface area (TPSA) is 61.2 Å². The van der Waals surface area contributed by atoms with Crippen LogP contribution in [0.5, 0.6) is 0 Å². The van der Waals surface area contributed by atoms with Gasteiger partial charge >= 0.3 is 0 Å². The Hall–Kier alpha value is -1.17. The molecule has 5 aliphatic rings. The highest BCUT2D eigenvalue weighted by Crippen LogP contribution is 2.73. The van der Waals surface area contributed by atoms with Crippen molar-refractivity contribution in [2.75, 3.05) is 13.2 Å². The Morgan fingerprint density at radius 2 is 2.16 bits per heavy atom. The molecule has 7 atom stereocenters. The second-order valence-corrected chi connectivity index (χ2v) is 8.87. The average Bonchev–Trinajstić information content (AvgIpc) is 3.06. The van der Waals surface area contributed by atoms with Crippen LogP contribution in [0, 0.1) is 22.7 Å². The lowest BCUT2D eigenvalue weighted by Gasteiger charge is -2.63. The van der Waals surface area contributed by atoms with Crippen LogP contribution < -0.4 is 0 Å². The zero-order valence-electron chi connectivity index (χ0n) is 14.5. The fourth-order valence-electron chi connectivity index (χ4n) is 6.89. The first-order valence-corrected chi connectivity index (χ1v) is 9.59. The number of carbonyl (C=O) groups excluding carboxylic acids is 1. The van der Waals surface area contributed by atoms with Gasteiger partial charge in [0.1, 0.15) is 11.4 Å². The van der Waals surface area contributed by atoms with E-state index in [0.717, 1.165) is 37.9 Å². The van der Waals surface area contributed by atoms with E-state index >= 15 is 0 Å². The van der Waals surface area contributed by atoms with Crippen molar-refractivity contribution in [2.24, 2.45) is 22.7 Å². The maximum absolute atomic E-state index is 13.3. The Balaban J connectivity index is 1.48. The van der Waals surface area contributed by atoms with E-state index in [-0.39, 0.29) is 29.3 Å². The Labute approximate surface area is 147 Å². The Morgan fingerprint density at radius 1 is 1.28 bits per heavy atom. The summed E-state index contributed by atoms with van der Waals surface area (Å²) in [5.74, 6) is 0.954. The predicted octanol–water partition coefficient (Wildman–Crippen LogP) is 3.25. The summed E-state index contributed by atoms with van der Waals surface area (Å²) in [6.07, 6.45) is 8.01. The minimum atomic E-state index is -0.442. The summed E-state index contributed by atoms with van der Waals surface area (Å²) in [7, 11) is 0. The second kappa shape index (κ2) is 4.56. The molecule has 1 aromatic rings. The minimum absolute atomic E-state index is 0.00630. The van der Waals surface area contributed by atoms with Crippen molar-refractivity contribution in [3.05, 3.63) is 24.2 Å². The summed E-state index contributed by atoms with van der Waals surface area (Å²) >= 11 is 0. The molecule has 2 bridgehead atoms. The number of hydrogen-bond donors (Lipinski definition) is 0. The molecule has 25 heavy (non-hydrogen) atoms. The van der Waals surface area contributed by atoms with Gasteiger partial charge in [-0.3, -0.25) is 4.79 Å². The molecular weight excluding hydrogens is 320 g/mol. The van der Waals surface area contributed by atoms with E-state index in [1.165, 1.54) is 0 Å². The van der Waals surface area contributed by atoms with Crippen LogP contribution in [-0.2, 0) is 19.0 Å². The van der Waals surface area contributed by atoms with Gasteiger partial charge in [0, 0.05) is 17.4 Å². The molecule has 0 aromatic carbocycles. The van der Waals surface area contributed by atoms with E-state index in [0.29, 0.717) is 24.7 Å². The molecule has 0 amide bonds. The Kier molecular flexibility index (Phi) is 2.73.